The summed E-state index contributed by atoms with van der Waals surface area (Å²) in [7, 11) is 0. The van der Waals surface area contributed by atoms with Crippen molar-refractivity contribution in [1.82, 2.24) is 10.2 Å². The summed E-state index contributed by atoms with van der Waals surface area (Å²) in [5.74, 6) is -0.109. The monoisotopic (exact) mass is 293 g/mol. The van der Waals surface area contributed by atoms with Gasteiger partial charge in [0.15, 0.2) is 0 Å². The number of rotatable bonds is 7. The Morgan fingerprint density at radius 3 is 2.52 bits per heavy atom. The van der Waals surface area contributed by atoms with Crippen molar-refractivity contribution in [2.24, 2.45) is 0 Å². The van der Waals surface area contributed by atoms with Gasteiger partial charge in [-0.25, -0.2) is 4.39 Å². The van der Waals surface area contributed by atoms with E-state index in [9.17, 15) is 4.39 Å². The standard InChI is InChI=1S/C17H28FN3/c1-3-9-19-10-8-15(2)20-11-13-21(14-12-20)17-7-5-4-6-16(17)18/h4-7,15,19H,3,8-14H2,1-2H3. The van der Waals surface area contributed by atoms with Crippen LogP contribution in [0.4, 0.5) is 10.1 Å². The van der Waals surface area contributed by atoms with Gasteiger partial charge in [0.1, 0.15) is 5.82 Å². The molecule has 0 spiro atoms. The molecule has 1 aliphatic rings. The molecule has 1 unspecified atom stereocenters. The van der Waals surface area contributed by atoms with E-state index < -0.39 is 0 Å². The third kappa shape index (κ3) is 4.68. The molecule has 0 saturated carbocycles. The van der Waals surface area contributed by atoms with Crippen molar-refractivity contribution >= 4 is 5.69 Å². The summed E-state index contributed by atoms with van der Waals surface area (Å²) in [6, 6.07) is 7.68. The van der Waals surface area contributed by atoms with Gasteiger partial charge in [0.25, 0.3) is 0 Å². The highest BCUT2D eigenvalue weighted by atomic mass is 19.1. The molecule has 0 aliphatic carbocycles. The second-order valence-electron chi connectivity index (χ2n) is 5.86. The van der Waals surface area contributed by atoms with Gasteiger partial charge in [-0.1, -0.05) is 19.1 Å². The van der Waals surface area contributed by atoms with E-state index in [0.29, 0.717) is 6.04 Å². The van der Waals surface area contributed by atoms with Gasteiger partial charge in [-0.05, 0) is 45.0 Å². The smallest absolute Gasteiger partial charge is 0.146 e. The summed E-state index contributed by atoms with van der Waals surface area (Å²) in [4.78, 5) is 4.68. The third-order valence-corrected chi connectivity index (χ3v) is 4.30. The summed E-state index contributed by atoms with van der Waals surface area (Å²) in [5.41, 5.74) is 0.745. The first-order valence-corrected chi connectivity index (χ1v) is 8.16. The summed E-state index contributed by atoms with van der Waals surface area (Å²) in [6.07, 6.45) is 2.37. The summed E-state index contributed by atoms with van der Waals surface area (Å²) in [5, 5.41) is 3.46. The van der Waals surface area contributed by atoms with Crippen LogP contribution in [0.15, 0.2) is 24.3 Å². The maximum atomic E-state index is 13.8. The van der Waals surface area contributed by atoms with Crippen molar-refractivity contribution in [2.75, 3.05) is 44.2 Å². The molecule has 118 valence electrons. The van der Waals surface area contributed by atoms with E-state index >= 15 is 0 Å². The number of para-hydroxylation sites is 1. The number of piperazine rings is 1. The molecular formula is C17H28FN3. The number of anilines is 1. The van der Waals surface area contributed by atoms with Crippen LogP contribution in [0.25, 0.3) is 0 Å². The molecule has 1 aromatic carbocycles. The zero-order valence-corrected chi connectivity index (χ0v) is 13.3. The highest BCUT2D eigenvalue weighted by Gasteiger charge is 2.22. The second kappa shape index (κ2) is 8.35. The fourth-order valence-corrected chi connectivity index (χ4v) is 2.91. The van der Waals surface area contributed by atoms with Crippen molar-refractivity contribution in [3.63, 3.8) is 0 Å². The summed E-state index contributed by atoms with van der Waals surface area (Å²) < 4.78 is 13.8. The van der Waals surface area contributed by atoms with Crippen molar-refractivity contribution in [1.29, 1.82) is 0 Å². The molecule has 1 heterocycles. The molecule has 1 N–H and O–H groups in total. The maximum Gasteiger partial charge on any atom is 0.146 e. The van der Waals surface area contributed by atoms with Gasteiger partial charge >= 0.3 is 0 Å². The molecule has 1 aromatic rings. The van der Waals surface area contributed by atoms with E-state index in [-0.39, 0.29) is 5.82 Å². The van der Waals surface area contributed by atoms with Crippen LogP contribution in [0.3, 0.4) is 0 Å². The van der Waals surface area contributed by atoms with Crippen molar-refractivity contribution in [3.05, 3.63) is 30.1 Å². The zero-order chi connectivity index (χ0) is 15.1. The molecule has 0 radical (unpaired) electrons. The average Bonchev–Trinajstić information content (AvgIpc) is 2.52. The first-order valence-electron chi connectivity index (χ1n) is 8.16. The van der Waals surface area contributed by atoms with Gasteiger partial charge in [0.2, 0.25) is 0 Å². The molecule has 1 fully saturated rings. The maximum absolute atomic E-state index is 13.8. The average molecular weight is 293 g/mol. The molecule has 21 heavy (non-hydrogen) atoms. The summed E-state index contributed by atoms with van der Waals surface area (Å²) in [6.45, 7) is 10.5. The molecule has 0 amide bonds. The fraction of sp³-hybridized carbons (Fsp3) is 0.647. The normalized spacial score (nSPS) is 18.0. The number of halogens is 1. The van der Waals surface area contributed by atoms with Crippen LogP contribution in [-0.4, -0.2) is 50.2 Å². The van der Waals surface area contributed by atoms with Crippen molar-refractivity contribution < 1.29 is 4.39 Å². The first kappa shape index (κ1) is 16.2. The predicted molar refractivity (Wildman–Crippen MR) is 87.4 cm³/mol. The van der Waals surface area contributed by atoms with Crippen LogP contribution in [0.5, 0.6) is 0 Å². The Hall–Kier alpha value is -1.13. The van der Waals surface area contributed by atoms with Gasteiger partial charge in [0, 0.05) is 32.2 Å². The van der Waals surface area contributed by atoms with E-state index in [1.54, 1.807) is 12.1 Å². The largest absolute Gasteiger partial charge is 0.367 e. The quantitative estimate of drug-likeness (QED) is 0.780. The van der Waals surface area contributed by atoms with Gasteiger partial charge in [-0.15, -0.1) is 0 Å². The minimum absolute atomic E-state index is 0.109. The van der Waals surface area contributed by atoms with Crippen LogP contribution in [0, 0.1) is 5.82 Å². The summed E-state index contributed by atoms with van der Waals surface area (Å²) >= 11 is 0. The minimum atomic E-state index is -0.109. The molecule has 0 bridgehead atoms. The predicted octanol–water partition coefficient (Wildman–Crippen LogP) is 2.73. The molecule has 3 nitrogen and oxygen atoms in total. The van der Waals surface area contributed by atoms with E-state index in [4.69, 9.17) is 0 Å². The van der Waals surface area contributed by atoms with Crippen LogP contribution in [-0.2, 0) is 0 Å². The minimum Gasteiger partial charge on any atom is -0.367 e. The highest BCUT2D eigenvalue weighted by molar-refractivity contribution is 5.47. The fourth-order valence-electron chi connectivity index (χ4n) is 2.91. The number of benzene rings is 1. The van der Waals surface area contributed by atoms with Crippen LogP contribution in [0.1, 0.15) is 26.7 Å². The zero-order valence-electron chi connectivity index (χ0n) is 13.3. The van der Waals surface area contributed by atoms with Crippen molar-refractivity contribution in [3.8, 4) is 0 Å². The number of nitrogens with zero attached hydrogens (tertiary/aromatic N) is 2. The van der Waals surface area contributed by atoms with Crippen LogP contribution >= 0.6 is 0 Å². The SMILES string of the molecule is CCCNCCC(C)N1CCN(c2ccccc2F)CC1. The van der Waals surface area contributed by atoms with Gasteiger partial charge in [0.05, 0.1) is 5.69 Å². The Kier molecular flexibility index (Phi) is 6.46. The Morgan fingerprint density at radius 1 is 1.14 bits per heavy atom. The molecular weight excluding hydrogens is 265 g/mol. The van der Waals surface area contributed by atoms with Gasteiger partial charge < -0.3 is 10.2 Å². The Morgan fingerprint density at radius 2 is 1.86 bits per heavy atom. The van der Waals surface area contributed by atoms with E-state index in [2.05, 4.69) is 29.0 Å². The first-order chi connectivity index (χ1) is 10.2. The third-order valence-electron chi connectivity index (χ3n) is 4.30. The lowest BCUT2D eigenvalue weighted by molar-refractivity contribution is 0.187. The van der Waals surface area contributed by atoms with Crippen molar-refractivity contribution in [2.45, 2.75) is 32.7 Å². The molecule has 1 saturated heterocycles. The number of nitrogens with one attached hydrogen (secondary N) is 1. The van der Waals surface area contributed by atoms with Gasteiger partial charge in [-0.3, -0.25) is 4.90 Å². The Balaban J connectivity index is 1.76. The Labute approximate surface area is 128 Å². The highest BCUT2D eigenvalue weighted by Crippen LogP contribution is 2.20. The van der Waals surface area contributed by atoms with E-state index in [1.165, 1.54) is 12.8 Å². The molecule has 1 aliphatic heterocycles. The lowest BCUT2D eigenvalue weighted by Gasteiger charge is -2.39. The van der Waals surface area contributed by atoms with Gasteiger partial charge in [-0.2, -0.15) is 0 Å². The lowest BCUT2D eigenvalue weighted by atomic mass is 10.1. The number of hydrogen-bond acceptors (Lipinski definition) is 3. The lowest BCUT2D eigenvalue weighted by Crippen LogP contribution is -2.50. The van der Waals surface area contributed by atoms with E-state index in [0.717, 1.165) is 45.0 Å². The van der Waals surface area contributed by atoms with E-state index in [1.807, 2.05) is 12.1 Å². The molecule has 2 rings (SSSR count). The molecule has 4 heteroatoms. The van der Waals surface area contributed by atoms with Crippen LogP contribution in [0.2, 0.25) is 0 Å². The molecule has 1 atom stereocenters. The van der Waals surface area contributed by atoms with Crippen LogP contribution < -0.4 is 10.2 Å². The topological polar surface area (TPSA) is 18.5 Å². The second-order valence-corrected chi connectivity index (χ2v) is 5.86. The molecule has 0 aromatic heterocycles. The number of hydrogen-bond donors (Lipinski definition) is 1. The Bertz CT molecular complexity index is 416.